The van der Waals surface area contributed by atoms with Crippen molar-refractivity contribution in [2.45, 2.75) is 38.1 Å². The fourth-order valence-corrected chi connectivity index (χ4v) is 8.08. The summed E-state index contributed by atoms with van der Waals surface area (Å²) in [5.74, 6) is 0.0203. The second-order valence-electron chi connectivity index (χ2n) is 14.6. The van der Waals surface area contributed by atoms with Crippen molar-refractivity contribution < 1.29 is 9.53 Å². The van der Waals surface area contributed by atoms with Gasteiger partial charge in [0.05, 0.1) is 18.0 Å². The van der Waals surface area contributed by atoms with Crippen molar-refractivity contribution in [2.75, 3.05) is 50.1 Å². The lowest BCUT2D eigenvalue weighted by atomic mass is 9.72. The molecule has 1 fully saturated rings. The fraction of sp³-hybridized carbons (Fsp3) is 0.273. The number of nitrogens with one attached hydrogen (secondary N) is 1. The zero-order valence-electron chi connectivity index (χ0n) is 30.8. The summed E-state index contributed by atoms with van der Waals surface area (Å²) in [6, 6.07) is 39.6. The molecule has 0 atom stereocenters. The molecule has 268 valence electrons. The van der Waals surface area contributed by atoms with Gasteiger partial charge in [0.1, 0.15) is 5.54 Å². The van der Waals surface area contributed by atoms with Crippen molar-refractivity contribution >= 4 is 23.3 Å². The van der Waals surface area contributed by atoms with Gasteiger partial charge in [-0.2, -0.15) is 5.10 Å². The minimum Gasteiger partial charge on any atom is -0.461 e. The monoisotopic (exact) mass is 703 g/mol. The van der Waals surface area contributed by atoms with Gasteiger partial charge in [-0.1, -0.05) is 105 Å². The fourth-order valence-electron chi connectivity index (χ4n) is 8.08. The Bertz CT molecular complexity index is 2110. The smallest absolute Gasteiger partial charge is 0.359 e. The highest BCUT2D eigenvalue weighted by molar-refractivity contribution is 5.93. The number of hydrogen-bond acceptors (Lipinski definition) is 8. The average molecular weight is 704 g/mol. The van der Waals surface area contributed by atoms with Crippen LogP contribution in [0, 0.1) is 0 Å². The van der Waals surface area contributed by atoms with Crippen LogP contribution in [0.15, 0.2) is 121 Å². The van der Waals surface area contributed by atoms with E-state index in [0.29, 0.717) is 18.1 Å². The molecule has 2 aromatic heterocycles. The first-order valence-electron chi connectivity index (χ1n) is 18.4. The predicted molar refractivity (Wildman–Crippen MR) is 210 cm³/mol. The second-order valence-corrected chi connectivity index (χ2v) is 14.6. The zero-order valence-corrected chi connectivity index (χ0v) is 30.8. The average Bonchev–Trinajstić information content (AvgIpc) is 3.60. The topological polar surface area (TPSA) is 88.4 Å². The maximum Gasteiger partial charge on any atom is 0.359 e. The van der Waals surface area contributed by atoms with Gasteiger partial charge in [-0.25, -0.2) is 19.4 Å². The molecule has 2 aliphatic rings. The van der Waals surface area contributed by atoms with Gasteiger partial charge in [-0.3, -0.25) is 0 Å². The van der Waals surface area contributed by atoms with E-state index in [1.807, 2.05) is 36.0 Å². The molecule has 8 rings (SSSR count). The summed E-state index contributed by atoms with van der Waals surface area (Å²) in [6.45, 7) is 10.5. The van der Waals surface area contributed by atoms with E-state index in [-0.39, 0.29) is 6.61 Å². The van der Waals surface area contributed by atoms with Crippen LogP contribution < -0.4 is 10.2 Å². The Labute approximate surface area is 311 Å². The summed E-state index contributed by atoms with van der Waals surface area (Å²) in [5, 5.41) is 8.81. The predicted octanol–water partition coefficient (Wildman–Crippen LogP) is 7.69. The quantitative estimate of drug-likeness (QED) is 0.121. The minimum atomic E-state index is -0.985. The van der Waals surface area contributed by atoms with Gasteiger partial charge in [-0.05, 0) is 72.3 Å². The van der Waals surface area contributed by atoms with Crippen molar-refractivity contribution in [3.63, 3.8) is 0 Å². The number of aromatic nitrogens is 4. The third kappa shape index (κ3) is 6.14. The number of ether oxygens (including phenoxy) is 1. The molecule has 1 aliphatic carbocycles. The molecular formula is C44H45N7O2. The second kappa shape index (κ2) is 14.0. The van der Waals surface area contributed by atoms with Gasteiger partial charge in [0.2, 0.25) is 5.95 Å². The molecule has 4 aromatic carbocycles. The minimum absolute atomic E-state index is 0.239. The van der Waals surface area contributed by atoms with Gasteiger partial charge < -0.3 is 19.9 Å². The first-order chi connectivity index (χ1) is 25.8. The number of hydrogen-bond donors (Lipinski definition) is 1. The highest BCUT2D eigenvalue weighted by Crippen LogP contribution is 2.50. The normalized spacial score (nSPS) is 15.4. The molecule has 9 nitrogen and oxygen atoms in total. The lowest BCUT2D eigenvalue weighted by Crippen LogP contribution is -2.44. The number of carbonyl (C=O) groups is 1. The molecule has 0 saturated carbocycles. The summed E-state index contributed by atoms with van der Waals surface area (Å²) in [6.07, 6.45) is 2.55. The van der Waals surface area contributed by atoms with Crippen LogP contribution >= 0.6 is 0 Å². The van der Waals surface area contributed by atoms with Crippen molar-refractivity contribution in [1.82, 2.24) is 24.6 Å². The number of benzene rings is 4. The molecule has 0 amide bonds. The van der Waals surface area contributed by atoms with Crippen LogP contribution in [0.3, 0.4) is 0 Å². The van der Waals surface area contributed by atoms with E-state index >= 15 is 0 Å². The number of nitrogens with zero attached hydrogens (tertiary/aromatic N) is 6. The van der Waals surface area contributed by atoms with Gasteiger partial charge in [0.25, 0.3) is 0 Å². The molecule has 6 aromatic rings. The number of anilines is 3. The molecule has 0 spiro atoms. The molecule has 3 heterocycles. The number of rotatable bonds is 9. The van der Waals surface area contributed by atoms with Gasteiger partial charge in [-0.15, -0.1) is 0 Å². The summed E-state index contributed by atoms with van der Waals surface area (Å²) < 4.78 is 7.75. The van der Waals surface area contributed by atoms with Crippen molar-refractivity contribution in [1.29, 1.82) is 0 Å². The Balaban J connectivity index is 1.34. The van der Waals surface area contributed by atoms with Crippen LogP contribution in [0.2, 0.25) is 0 Å². The van der Waals surface area contributed by atoms with Crippen LogP contribution in [-0.2, 0) is 22.1 Å². The Morgan fingerprint density at radius 1 is 0.811 bits per heavy atom. The van der Waals surface area contributed by atoms with E-state index in [4.69, 9.17) is 19.8 Å². The van der Waals surface area contributed by atoms with Crippen LogP contribution in [-0.4, -0.2) is 70.5 Å². The zero-order chi connectivity index (χ0) is 36.6. The number of esters is 1. The Kier molecular flexibility index (Phi) is 9.04. The van der Waals surface area contributed by atoms with Gasteiger partial charge in [0, 0.05) is 49.3 Å². The molecular weight excluding hydrogens is 659 g/mol. The first kappa shape index (κ1) is 34.3. The summed E-state index contributed by atoms with van der Waals surface area (Å²) in [4.78, 5) is 28.8. The first-order valence-corrected chi connectivity index (χ1v) is 18.4. The van der Waals surface area contributed by atoms with Crippen LogP contribution in [0.1, 0.15) is 59.1 Å². The standard InChI is InChI=1S/C44H45N7O2/c1-5-53-41(52)39-37-40(51(48-39)44(32-15-9-6-10-16-32,33-17-11-7-12-18-33)34-19-13-8-14-20-34)38-31(29-43(37,2)3)30-45-42(47-38)46-35-21-23-36(24-22-35)50-27-25-49(4)26-28-50/h6-24,30H,5,25-29H2,1-4H3,(H,45,46,47). The molecule has 0 radical (unpaired) electrons. The maximum atomic E-state index is 14.0. The molecule has 0 bridgehead atoms. The van der Waals surface area contributed by atoms with Gasteiger partial charge in [0.15, 0.2) is 5.69 Å². The Morgan fingerprint density at radius 3 is 1.92 bits per heavy atom. The SMILES string of the molecule is CCOC(=O)c1nn(C(c2ccccc2)(c2ccccc2)c2ccccc2)c2c1C(C)(C)Cc1cnc(Nc3ccc(N4CCN(C)CC4)cc3)nc1-2. The maximum absolute atomic E-state index is 14.0. The summed E-state index contributed by atoms with van der Waals surface area (Å²) in [7, 11) is 2.17. The third-order valence-electron chi connectivity index (χ3n) is 10.6. The van der Waals surface area contributed by atoms with E-state index in [0.717, 1.165) is 71.1 Å². The molecule has 1 aliphatic heterocycles. The van der Waals surface area contributed by atoms with E-state index in [1.165, 1.54) is 5.69 Å². The third-order valence-corrected chi connectivity index (χ3v) is 10.6. The van der Waals surface area contributed by atoms with Crippen molar-refractivity contribution in [2.24, 2.45) is 0 Å². The number of likely N-dealkylation sites (N-methyl/N-ethyl adjacent to an activating group) is 1. The molecule has 1 saturated heterocycles. The highest BCUT2D eigenvalue weighted by Gasteiger charge is 2.48. The van der Waals surface area contributed by atoms with E-state index < -0.39 is 16.9 Å². The molecule has 0 unspecified atom stereocenters. The van der Waals surface area contributed by atoms with Crippen molar-refractivity contribution in [3.05, 3.63) is 155 Å². The molecule has 9 heteroatoms. The molecule has 1 N–H and O–H groups in total. The number of piperazine rings is 1. The largest absolute Gasteiger partial charge is 0.461 e. The highest BCUT2D eigenvalue weighted by atomic mass is 16.5. The Hall–Kier alpha value is -5.80. The van der Waals surface area contributed by atoms with Crippen LogP contribution in [0.4, 0.5) is 17.3 Å². The lowest BCUT2D eigenvalue weighted by molar-refractivity contribution is 0.0515. The van der Waals surface area contributed by atoms with Crippen LogP contribution in [0.5, 0.6) is 0 Å². The van der Waals surface area contributed by atoms with Crippen molar-refractivity contribution in [3.8, 4) is 11.4 Å². The Morgan fingerprint density at radius 2 is 1.38 bits per heavy atom. The van der Waals surface area contributed by atoms with E-state index in [9.17, 15) is 4.79 Å². The van der Waals surface area contributed by atoms with Crippen LogP contribution in [0.25, 0.3) is 11.4 Å². The van der Waals surface area contributed by atoms with E-state index in [1.54, 1.807) is 0 Å². The summed E-state index contributed by atoms with van der Waals surface area (Å²) >= 11 is 0. The number of carbonyl (C=O) groups excluding carboxylic acids is 1. The van der Waals surface area contributed by atoms with Gasteiger partial charge >= 0.3 is 5.97 Å². The summed E-state index contributed by atoms with van der Waals surface area (Å²) in [5.41, 5.74) is 7.22. The lowest BCUT2D eigenvalue weighted by Gasteiger charge is -2.39. The van der Waals surface area contributed by atoms with E-state index in [2.05, 4.69) is 133 Å². The number of fused-ring (bicyclic) bond motifs is 3. The molecule has 53 heavy (non-hydrogen) atoms.